The third-order valence-corrected chi connectivity index (χ3v) is 10.1. The van der Waals surface area contributed by atoms with Gasteiger partial charge in [-0.05, 0) is 51.7 Å². The minimum Gasteiger partial charge on any atom is -0.395 e. The van der Waals surface area contributed by atoms with Crippen molar-refractivity contribution >= 4 is 33.4 Å². The lowest BCUT2D eigenvalue weighted by atomic mass is 9.85. The number of aromatic amines is 1. The van der Waals surface area contributed by atoms with Crippen LogP contribution in [0.1, 0.15) is 63.0 Å². The molecule has 2 aliphatic carbocycles. The molecule has 0 spiro atoms. The van der Waals surface area contributed by atoms with Gasteiger partial charge in [0, 0.05) is 115 Å². The van der Waals surface area contributed by atoms with E-state index in [1.807, 2.05) is 44.3 Å². The Morgan fingerprint density at radius 1 is 0.882 bits per heavy atom. The average Bonchev–Trinajstić information content (AvgIpc) is 4.00. The fourth-order valence-electron chi connectivity index (χ4n) is 7.37. The van der Waals surface area contributed by atoms with Crippen molar-refractivity contribution in [3.8, 4) is 0 Å². The molecule has 0 amide bonds. The van der Waals surface area contributed by atoms with Gasteiger partial charge in [-0.15, -0.1) is 0 Å². The summed E-state index contributed by atoms with van der Waals surface area (Å²) in [6, 6.07) is 16.4. The maximum absolute atomic E-state index is 13.0. The summed E-state index contributed by atoms with van der Waals surface area (Å²) in [4.78, 5) is 38.0. The summed E-state index contributed by atoms with van der Waals surface area (Å²) in [5, 5.41) is 10.6. The monoisotopic (exact) mass is 691 g/mol. The summed E-state index contributed by atoms with van der Waals surface area (Å²) in [7, 11) is 4.12. The van der Waals surface area contributed by atoms with Gasteiger partial charge in [-0.25, -0.2) is 9.97 Å². The first kappa shape index (κ1) is 36.0. The van der Waals surface area contributed by atoms with Gasteiger partial charge in [0.1, 0.15) is 11.6 Å². The van der Waals surface area contributed by atoms with Crippen LogP contribution in [0.25, 0.3) is 21.8 Å². The van der Waals surface area contributed by atoms with E-state index in [0.717, 1.165) is 91.0 Å². The van der Waals surface area contributed by atoms with Gasteiger partial charge in [-0.2, -0.15) is 0 Å². The molecule has 5 heterocycles. The van der Waals surface area contributed by atoms with Crippen LogP contribution in [0, 0.1) is 19.8 Å². The highest BCUT2D eigenvalue weighted by Gasteiger charge is 2.32. The van der Waals surface area contributed by atoms with E-state index in [4.69, 9.17) is 9.84 Å². The molecule has 1 saturated heterocycles. The third kappa shape index (κ3) is 7.90. The molecular formula is C40H49N7O4. The molecule has 11 nitrogen and oxygen atoms in total. The molecule has 1 aliphatic heterocycles. The second-order valence-electron chi connectivity index (χ2n) is 13.4. The summed E-state index contributed by atoms with van der Waals surface area (Å²) in [6.07, 6.45) is 11.9. The van der Waals surface area contributed by atoms with Crippen LogP contribution in [0.3, 0.4) is 0 Å². The van der Waals surface area contributed by atoms with Crippen LogP contribution in [-0.2, 0) is 38.2 Å². The number of H-pyrrole nitrogens is 1. The number of hydrogen-bond donors (Lipinski definition) is 2. The Bertz CT molecular complexity index is 2080. The number of carbonyl (C=O) groups is 2. The summed E-state index contributed by atoms with van der Waals surface area (Å²) in [6.45, 7) is 8.11. The van der Waals surface area contributed by atoms with Crippen molar-refractivity contribution < 1.29 is 19.4 Å². The number of β-amino-alcohol motifs (C(OH)–C–C–N with tert-alkyl or cyclic N) is 1. The van der Waals surface area contributed by atoms with Crippen LogP contribution >= 0.6 is 0 Å². The highest BCUT2D eigenvalue weighted by molar-refractivity contribution is 6.11. The van der Waals surface area contributed by atoms with Crippen LogP contribution in [-0.4, -0.2) is 83.3 Å². The number of imidazole rings is 2. The van der Waals surface area contributed by atoms with Crippen molar-refractivity contribution in [3.63, 3.8) is 0 Å². The highest BCUT2D eigenvalue weighted by Crippen LogP contribution is 2.34. The zero-order valence-electron chi connectivity index (χ0n) is 30.1. The second kappa shape index (κ2) is 16.5. The second-order valence-corrected chi connectivity index (χ2v) is 13.4. The molecule has 3 aliphatic rings. The topological polar surface area (TPSA) is 123 Å². The highest BCUT2D eigenvalue weighted by atomic mass is 16.5. The number of aromatic nitrogens is 6. The van der Waals surface area contributed by atoms with Crippen molar-refractivity contribution in [1.29, 1.82) is 0 Å². The lowest BCUT2D eigenvalue weighted by molar-refractivity contribution is 0.0887. The van der Waals surface area contributed by atoms with E-state index < -0.39 is 0 Å². The number of aliphatic hydroxyl groups is 1. The number of ketones is 2. The lowest BCUT2D eigenvalue weighted by Crippen LogP contribution is -2.27. The van der Waals surface area contributed by atoms with Gasteiger partial charge < -0.3 is 28.5 Å². The minimum atomic E-state index is 0.0474. The standard InChI is InChI=1S/C18H19N3O.C13H13NO.C5H11NO2.C4H6N2/c1-12-19-9-10-21(12)11-13-7-8-16-17(18(13)22)14-5-3-4-6-15(14)20(16)2;1-14-10-6-3-2-5-9(10)13-11(14)7-4-8-12(13)15;7-3-1-6-2-4-8-5-6;1-4-5-2-3-6-4/h3-6,9-10,13H,7-8,11H2,1-2H3;2-3,5-6H,4,7-8H2,1H3;7H,1-5H2;2-3H,1H3,(H,5,6). The van der Waals surface area contributed by atoms with Gasteiger partial charge >= 0.3 is 0 Å². The molecule has 2 N–H and O–H groups in total. The fourth-order valence-corrected chi connectivity index (χ4v) is 7.37. The number of ether oxygens (including phenoxy) is 1. The van der Waals surface area contributed by atoms with Gasteiger partial charge in [0.2, 0.25) is 0 Å². The zero-order valence-corrected chi connectivity index (χ0v) is 30.1. The predicted octanol–water partition coefficient (Wildman–Crippen LogP) is 5.81. The maximum atomic E-state index is 13.0. The SMILES string of the molecule is Cc1ncc[nH]1.Cc1nccn1CC1CCc2c(c3ccccc3n2C)C1=O.Cn1c2c(c3ccccc31)C(=O)CCC2.OCCN1CCOC1. The fraction of sp³-hybridized carbons (Fsp3) is 0.400. The van der Waals surface area contributed by atoms with Crippen LogP contribution in [0.15, 0.2) is 73.3 Å². The van der Waals surface area contributed by atoms with Gasteiger partial charge in [-0.3, -0.25) is 14.5 Å². The first-order valence-electron chi connectivity index (χ1n) is 17.8. The molecule has 51 heavy (non-hydrogen) atoms. The third-order valence-electron chi connectivity index (χ3n) is 10.1. The first-order valence-corrected chi connectivity index (χ1v) is 17.8. The van der Waals surface area contributed by atoms with Crippen LogP contribution in [0.5, 0.6) is 0 Å². The average molecular weight is 692 g/mol. The number of aliphatic hydroxyl groups excluding tert-OH is 1. The molecule has 0 saturated carbocycles. The Morgan fingerprint density at radius 3 is 2.14 bits per heavy atom. The van der Waals surface area contributed by atoms with Gasteiger partial charge in [0.05, 0.1) is 19.9 Å². The van der Waals surface area contributed by atoms with Crippen molar-refractivity contribution in [2.24, 2.45) is 20.0 Å². The largest absolute Gasteiger partial charge is 0.395 e. The van der Waals surface area contributed by atoms with E-state index in [1.165, 1.54) is 16.9 Å². The molecule has 268 valence electrons. The van der Waals surface area contributed by atoms with Crippen molar-refractivity contribution in [2.75, 3.05) is 33.0 Å². The number of hydrogen-bond acceptors (Lipinski definition) is 7. The lowest BCUT2D eigenvalue weighted by Gasteiger charge is -2.23. The summed E-state index contributed by atoms with van der Waals surface area (Å²) in [5.41, 5.74) is 6.64. The van der Waals surface area contributed by atoms with E-state index in [1.54, 1.807) is 18.6 Å². The minimum absolute atomic E-state index is 0.0474. The zero-order chi connectivity index (χ0) is 35.9. The Balaban J connectivity index is 0.000000132. The van der Waals surface area contributed by atoms with Crippen LogP contribution in [0.2, 0.25) is 0 Å². The number of aryl methyl sites for hydroxylation is 4. The van der Waals surface area contributed by atoms with Crippen molar-refractivity contribution in [3.05, 3.63) is 107 Å². The summed E-state index contributed by atoms with van der Waals surface area (Å²) >= 11 is 0. The van der Waals surface area contributed by atoms with Gasteiger partial charge in [0.25, 0.3) is 0 Å². The van der Waals surface area contributed by atoms with Crippen LogP contribution < -0.4 is 0 Å². The smallest absolute Gasteiger partial charge is 0.170 e. The Labute approximate surface area is 298 Å². The maximum Gasteiger partial charge on any atom is 0.170 e. The molecule has 0 bridgehead atoms. The van der Waals surface area contributed by atoms with E-state index in [9.17, 15) is 9.59 Å². The molecule has 1 atom stereocenters. The molecule has 4 aromatic heterocycles. The van der Waals surface area contributed by atoms with Crippen LogP contribution in [0.4, 0.5) is 0 Å². The number of Topliss-reactive ketones (excluding diaryl/α,β-unsaturated/α-hetero) is 2. The van der Waals surface area contributed by atoms with Gasteiger partial charge in [-0.1, -0.05) is 36.4 Å². The number of nitrogens with zero attached hydrogens (tertiary/aromatic N) is 6. The number of rotatable bonds is 4. The number of fused-ring (bicyclic) bond motifs is 6. The van der Waals surface area contributed by atoms with E-state index in [0.29, 0.717) is 18.9 Å². The number of para-hydroxylation sites is 2. The van der Waals surface area contributed by atoms with E-state index >= 15 is 0 Å². The van der Waals surface area contributed by atoms with E-state index in [-0.39, 0.29) is 18.3 Å². The quantitative estimate of drug-likeness (QED) is 0.239. The molecule has 6 aromatic rings. The number of benzene rings is 2. The molecule has 2 aromatic carbocycles. The van der Waals surface area contributed by atoms with E-state index in [2.05, 4.69) is 71.9 Å². The van der Waals surface area contributed by atoms with Gasteiger partial charge in [0.15, 0.2) is 11.6 Å². The number of carbonyl (C=O) groups excluding carboxylic acids is 2. The molecular weight excluding hydrogens is 642 g/mol. The number of nitrogens with one attached hydrogen (secondary N) is 1. The molecule has 11 heteroatoms. The Kier molecular flexibility index (Phi) is 11.6. The molecule has 9 rings (SSSR count). The molecule has 1 unspecified atom stereocenters. The molecule has 1 fully saturated rings. The summed E-state index contributed by atoms with van der Waals surface area (Å²) < 4.78 is 11.5. The Morgan fingerprint density at radius 2 is 1.57 bits per heavy atom. The molecule has 0 radical (unpaired) electrons. The van der Waals surface area contributed by atoms with Crippen molar-refractivity contribution in [2.45, 2.75) is 52.5 Å². The van der Waals surface area contributed by atoms with Crippen molar-refractivity contribution in [1.82, 2.24) is 33.6 Å². The first-order chi connectivity index (χ1) is 24.8. The Hall–Kier alpha value is -4.84. The normalized spacial score (nSPS) is 16.8. The predicted molar refractivity (Wildman–Crippen MR) is 199 cm³/mol. The summed E-state index contributed by atoms with van der Waals surface area (Å²) in [5.74, 6) is 2.58.